The van der Waals surface area contributed by atoms with Crippen LogP contribution in [0.25, 0.3) is 10.8 Å². The zero-order valence-electron chi connectivity index (χ0n) is 28.2. The molecule has 4 aromatic carbocycles. The number of amides is 1. The molecular weight excluding hydrogens is 666 g/mol. The van der Waals surface area contributed by atoms with Crippen molar-refractivity contribution in [1.29, 1.82) is 0 Å². The number of benzene rings is 4. The molecule has 1 unspecified atom stereocenters. The molecule has 1 fully saturated rings. The van der Waals surface area contributed by atoms with Crippen molar-refractivity contribution < 1.29 is 32.2 Å². The van der Waals surface area contributed by atoms with Gasteiger partial charge in [-0.1, -0.05) is 54.2 Å². The number of fused-ring (bicyclic) bond motifs is 3. The number of rotatable bonds is 12. The Morgan fingerprint density at radius 2 is 1.48 bits per heavy atom. The Morgan fingerprint density at radius 3 is 2.22 bits per heavy atom. The zero-order chi connectivity index (χ0) is 35.3. The van der Waals surface area contributed by atoms with E-state index in [1.165, 1.54) is 24.8 Å². The first-order chi connectivity index (χ1) is 24.0. The van der Waals surface area contributed by atoms with E-state index in [4.69, 9.17) is 9.47 Å². The van der Waals surface area contributed by atoms with Crippen LogP contribution in [0.2, 0.25) is 0 Å². The number of nitrogens with one attached hydrogen (secondary N) is 1. The molecule has 8 nitrogen and oxygen atoms in total. The third kappa shape index (κ3) is 8.54. The van der Waals surface area contributed by atoms with Crippen molar-refractivity contribution >= 4 is 45.8 Å². The van der Waals surface area contributed by atoms with E-state index in [-0.39, 0.29) is 19.1 Å². The van der Waals surface area contributed by atoms with Crippen molar-refractivity contribution in [1.82, 2.24) is 15.1 Å². The Balaban J connectivity index is 0.964. The quantitative estimate of drug-likeness (QED) is 0.158. The van der Waals surface area contributed by atoms with Crippen LogP contribution in [0.4, 0.5) is 24.5 Å². The van der Waals surface area contributed by atoms with Gasteiger partial charge in [-0.25, -0.2) is 4.79 Å². The third-order valence-corrected chi connectivity index (χ3v) is 10.2. The maximum Gasteiger partial charge on any atom is 0.416 e. The molecule has 0 aliphatic carbocycles. The molecule has 0 radical (unpaired) electrons. The fourth-order valence-electron chi connectivity index (χ4n) is 6.38. The lowest BCUT2D eigenvalue weighted by Gasteiger charge is -2.36. The number of nitrogens with zero attached hydrogens (tertiary/aromatic N) is 3. The van der Waals surface area contributed by atoms with E-state index in [9.17, 15) is 22.8 Å². The summed E-state index contributed by atoms with van der Waals surface area (Å²) < 4.78 is 52.3. The van der Waals surface area contributed by atoms with Gasteiger partial charge in [0.25, 0.3) is 0 Å². The van der Waals surface area contributed by atoms with Crippen molar-refractivity contribution in [3.8, 4) is 5.75 Å². The van der Waals surface area contributed by atoms with Gasteiger partial charge in [-0.15, -0.1) is 0 Å². The molecule has 6 rings (SSSR count). The normalized spacial score (nSPS) is 16.3. The monoisotopic (exact) mass is 706 g/mol. The van der Waals surface area contributed by atoms with E-state index in [1.807, 2.05) is 71.6 Å². The summed E-state index contributed by atoms with van der Waals surface area (Å²) >= 11 is 1.50. The fraction of sp³-hybridized carbons (Fsp3) is 0.368. The lowest BCUT2D eigenvalue weighted by atomic mass is 10.0. The lowest BCUT2D eigenvalue weighted by Crippen LogP contribution is -2.56. The molecule has 4 aromatic rings. The average molecular weight is 707 g/mol. The van der Waals surface area contributed by atoms with Gasteiger partial charge >= 0.3 is 12.1 Å². The van der Waals surface area contributed by atoms with Crippen molar-refractivity contribution in [3.63, 3.8) is 0 Å². The zero-order valence-corrected chi connectivity index (χ0v) is 29.0. The van der Waals surface area contributed by atoms with E-state index >= 15 is 0 Å². The molecule has 1 amide bonds. The minimum Gasteiger partial charge on any atom is -0.490 e. The van der Waals surface area contributed by atoms with E-state index in [2.05, 4.69) is 15.1 Å². The van der Waals surface area contributed by atoms with Crippen LogP contribution in [0.3, 0.4) is 0 Å². The number of hydrogen-bond donors (Lipinski definition) is 1. The SMILES string of the molecule is CC(=O)NC(C)(COc1ccc2ccccc2c1)C(=O)OCCN1CCN(CCCN2c3ccccc3Sc3ccc(C(F)(F)F)cc32)CC1. The van der Waals surface area contributed by atoms with Crippen LogP contribution in [0, 0.1) is 0 Å². The average Bonchev–Trinajstić information content (AvgIpc) is 3.10. The summed E-state index contributed by atoms with van der Waals surface area (Å²) in [7, 11) is 0. The summed E-state index contributed by atoms with van der Waals surface area (Å²) in [6.45, 7) is 8.28. The number of hydrogen-bond acceptors (Lipinski definition) is 8. The number of ether oxygens (including phenoxy) is 2. The van der Waals surface area contributed by atoms with Gasteiger partial charge in [0.2, 0.25) is 5.91 Å². The molecular formula is C38H41F3N4O4S. The van der Waals surface area contributed by atoms with Crippen LogP contribution in [-0.2, 0) is 20.5 Å². The first kappa shape index (κ1) is 35.6. The van der Waals surface area contributed by atoms with Gasteiger partial charge in [-0.2, -0.15) is 13.2 Å². The van der Waals surface area contributed by atoms with E-state index < -0.39 is 23.2 Å². The number of carbonyl (C=O) groups is 2. The van der Waals surface area contributed by atoms with Crippen LogP contribution >= 0.6 is 11.8 Å². The standard InChI is InChI=1S/C38H41F3N4O4S/c1-27(46)42-37(2,26-49-31-14-12-28-8-3-4-9-29(28)24-31)36(47)48-23-22-44-20-18-43(19-21-44)16-7-17-45-32-10-5-6-11-34(32)50-35-15-13-30(25-33(35)45)38(39,40)41/h3-6,8-15,24-25H,7,16-23,26H2,1-2H3,(H,42,46). The predicted molar refractivity (Wildman–Crippen MR) is 189 cm³/mol. The highest BCUT2D eigenvalue weighted by atomic mass is 32.2. The van der Waals surface area contributed by atoms with Crippen molar-refractivity contribution in [2.24, 2.45) is 0 Å². The third-order valence-electron chi connectivity index (χ3n) is 9.07. The molecule has 2 aliphatic heterocycles. The van der Waals surface area contributed by atoms with E-state index in [0.717, 1.165) is 71.5 Å². The summed E-state index contributed by atoms with van der Waals surface area (Å²) in [5.74, 6) is -0.332. The lowest BCUT2D eigenvalue weighted by molar-refractivity contribution is -0.154. The Labute approximate surface area is 294 Å². The van der Waals surface area contributed by atoms with Crippen LogP contribution in [0.5, 0.6) is 5.75 Å². The minimum atomic E-state index is -4.40. The molecule has 1 N–H and O–H groups in total. The Kier molecular flexibility index (Phi) is 10.9. The van der Waals surface area contributed by atoms with Crippen molar-refractivity contribution in [2.45, 2.75) is 41.8 Å². The highest BCUT2D eigenvalue weighted by molar-refractivity contribution is 7.99. The second kappa shape index (κ2) is 15.3. The molecule has 12 heteroatoms. The number of alkyl halides is 3. The Morgan fingerprint density at radius 1 is 0.800 bits per heavy atom. The van der Waals surface area contributed by atoms with Crippen LogP contribution in [-0.4, -0.2) is 86.2 Å². The van der Waals surface area contributed by atoms with Crippen molar-refractivity contribution in [3.05, 3.63) is 90.5 Å². The molecule has 264 valence electrons. The van der Waals surface area contributed by atoms with Gasteiger partial charge in [-0.3, -0.25) is 9.69 Å². The van der Waals surface area contributed by atoms with Gasteiger partial charge in [0.15, 0.2) is 5.54 Å². The smallest absolute Gasteiger partial charge is 0.416 e. The molecule has 1 atom stereocenters. The summed E-state index contributed by atoms with van der Waals surface area (Å²) in [4.78, 5) is 33.6. The summed E-state index contributed by atoms with van der Waals surface area (Å²) in [5, 5.41) is 4.79. The summed E-state index contributed by atoms with van der Waals surface area (Å²) in [5.41, 5.74) is -0.480. The fourth-order valence-corrected chi connectivity index (χ4v) is 7.46. The Hall–Kier alpha value is -4.26. The first-order valence-corrected chi connectivity index (χ1v) is 17.6. The van der Waals surface area contributed by atoms with Gasteiger partial charge < -0.3 is 24.6 Å². The van der Waals surface area contributed by atoms with E-state index in [1.54, 1.807) is 13.0 Å². The Bertz CT molecular complexity index is 1830. The molecule has 0 spiro atoms. The molecule has 2 heterocycles. The van der Waals surface area contributed by atoms with Crippen molar-refractivity contribution in [2.75, 3.05) is 63.9 Å². The summed E-state index contributed by atoms with van der Waals surface area (Å²) in [6, 6.07) is 25.4. The maximum absolute atomic E-state index is 13.6. The molecule has 0 bridgehead atoms. The maximum atomic E-state index is 13.6. The van der Waals surface area contributed by atoms with Gasteiger partial charge in [0.05, 0.1) is 16.9 Å². The predicted octanol–water partition coefficient (Wildman–Crippen LogP) is 6.99. The molecule has 1 saturated heterocycles. The number of esters is 1. The second-order valence-electron chi connectivity index (χ2n) is 12.9. The van der Waals surface area contributed by atoms with Gasteiger partial charge in [-0.05, 0) is 73.1 Å². The number of halogens is 3. The molecule has 0 aromatic heterocycles. The largest absolute Gasteiger partial charge is 0.490 e. The van der Waals surface area contributed by atoms with Crippen LogP contribution in [0.1, 0.15) is 25.8 Å². The van der Waals surface area contributed by atoms with Crippen LogP contribution < -0.4 is 15.0 Å². The molecule has 0 saturated carbocycles. The number of piperazine rings is 1. The topological polar surface area (TPSA) is 74.3 Å². The number of para-hydroxylation sites is 1. The number of carbonyl (C=O) groups excluding carboxylic acids is 2. The first-order valence-electron chi connectivity index (χ1n) is 16.8. The highest BCUT2D eigenvalue weighted by Gasteiger charge is 2.37. The highest BCUT2D eigenvalue weighted by Crippen LogP contribution is 2.49. The van der Waals surface area contributed by atoms with Gasteiger partial charge in [0.1, 0.15) is 19.0 Å². The second-order valence-corrected chi connectivity index (χ2v) is 14.0. The number of anilines is 2. The van der Waals surface area contributed by atoms with Gasteiger partial charge in [0, 0.05) is 56.0 Å². The molecule has 2 aliphatic rings. The summed E-state index contributed by atoms with van der Waals surface area (Å²) in [6.07, 6.45) is -3.62. The minimum absolute atomic E-state index is 0.0840. The van der Waals surface area contributed by atoms with E-state index in [0.29, 0.717) is 24.5 Å². The van der Waals surface area contributed by atoms with Crippen LogP contribution in [0.15, 0.2) is 94.7 Å². The molecule has 50 heavy (non-hydrogen) atoms.